The smallest absolute Gasteiger partial charge is 0.303 e. The van der Waals surface area contributed by atoms with Crippen molar-refractivity contribution in [1.29, 1.82) is 0 Å². The number of aliphatic carboxylic acids is 1. The molecule has 0 spiro atoms. The molecule has 1 aromatic rings. The SMILES string of the molecule is Cn1nc(Cl)nc1CCCC(=O)O. The van der Waals surface area contributed by atoms with E-state index in [9.17, 15) is 4.79 Å². The van der Waals surface area contributed by atoms with Crippen molar-refractivity contribution in [3.8, 4) is 0 Å². The van der Waals surface area contributed by atoms with Crippen molar-refractivity contribution in [2.24, 2.45) is 7.05 Å². The summed E-state index contributed by atoms with van der Waals surface area (Å²) < 4.78 is 1.56. The molecule has 1 rings (SSSR count). The highest BCUT2D eigenvalue weighted by atomic mass is 35.5. The monoisotopic (exact) mass is 203 g/mol. The second-order valence-electron chi connectivity index (χ2n) is 2.67. The topological polar surface area (TPSA) is 68.0 Å². The Balaban J connectivity index is 2.45. The van der Waals surface area contributed by atoms with E-state index in [1.165, 1.54) is 0 Å². The number of halogens is 1. The van der Waals surface area contributed by atoms with Gasteiger partial charge in [0.2, 0.25) is 5.28 Å². The normalized spacial score (nSPS) is 10.3. The molecule has 5 nitrogen and oxygen atoms in total. The number of hydrogen-bond acceptors (Lipinski definition) is 3. The molecule has 13 heavy (non-hydrogen) atoms. The van der Waals surface area contributed by atoms with Crippen LogP contribution in [-0.4, -0.2) is 25.8 Å². The van der Waals surface area contributed by atoms with Crippen LogP contribution in [0.15, 0.2) is 0 Å². The van der Waals surface area contributed by atoms with Crippen molar-refractivity contribution < 1.29 is 9.90 Å². The van der Waals surface area contributed by atoms with Crippen molar-refractivity contribution in [1.82, 2.24) is 14.8 Å². The van der Waals surface area contributed by atoms with Crippen LogP contribution in [0.4, 0.5) is 0 Å². The van der Waals surface area contributed by atoms with Crippen LogP contribution in [0.2, 0.25) is 5.28 Å². The maximum Gasteiger partial charge on any atom is 0.303 e. The van der Waals surface area contributed by atoms with E-state index in [2.05, 4.69) is 10.1 Å². The fourth-order valence-electron chi connectivity index (χ4n) is 0.998. The lowest BCUT2D eigenvalue weighted by Crippen LogP contribution is -2.02. The van der Waals surface area contributed by atoms with Gasteiger partial charge in [0.15, 0.2) is 0 Å². The Morgan fingerprint density at radius 1 is 1.69 bits per heavy atom. The number of carboxylic acid groups (broad SMARTS) is 1. The highest BCUT2D eigenvalue weighted by Crippen LogP contribution is 2.05. The van der Waals surface area contributed by atoms with Crippen molar-refractivity contribution in [2.75, 3.05) is 0 Å². The molecule has 1 aromatic heterocycles. The van der Waals surface area contributed by atoms with Crippen molar-refractivity contribution in [3.63, 3.8) is 0 Å². The maximum atomic E-state index is 10.2. The Kier molecular flexibility index (Phi) is 3.25. The van der Waals surface area contributed by atoms with Gasteiger partial charge in [-0.05, 0) is 18.0 Å². The van der Waals surface area contributed by atoms with E-state index in [-0.39, 0.29) is 11.7 Å². The molecule has 0 bridgehead atoms. The number of carbonyl (C=O) groups is 1. The zero-order valence-electron chi connectivity index (χ0n) is 7.20. The first kappa shape index (κ1) is 9.98. The Bertz CT molecular complexity index is 311. The molecule has 0 aliphatic heterocycles. The van der Waals surface area contributed by atoms with Gasteiger partial charge < -0.3 is 5.11 Å². The third kappa shape index (κ3) is 3.02. The van der Waals surface area contributed by atoms with Crippen molar-refractivity contribution in [2.45, 2.75) is 19.3 Å². The quantitative estimate of drug-likeness (QED) is 0.789. The number of aryl methyl sites for hydroxylation is 2. The van der Waals surface area contributed by atoms with Gasteiger partial charge in [0.25, 0.3) is 0 Å². The zero-order valence-corrected chi connectivity index (χ0v) is 7.95. The summed E-state index contributed by atoms with van der Waals surface area (Å²) in [5, 5.41) is 12.4. The number of nitrogens with zero attached hydrogens (tertiary/aromatic N) is 3. The average Bonchev–Trinajstić information content (AvgIpc) is 2.29. The predicted molar refractivity (Wildman–Crippen MR) is 46.6 cm³/mol. The molecular formula is C7H10ClN3O2. The van der Waals surface area contributed by atoms with E-state index >= 15 is 0 Å². The summed E-state index contributed by atoms with van der Waals surface area (Å²) in [6.07, 6.45) is 1.28. The summed E-state index contributed by atoms with van der Waals surface area (Å²) in [6, 6.07) is 0. The van der Waals surface area contributed by atoms with Crippen LogP contribution in [0.25, 0.3) is 0 Å². The van der Waals surface area contributed by atoms with E-state index in [4.69, 9.17) is 16.7 Å². The lowest BCUT2D eigenvalue weighted by Gasteiger charge is -1.96. The summed E-state index contributed by atoms with van der Waals surface area (Å²) in [4.78, 5) is 14.1. The minimum atomic E-state index is -0.798. The van der Waals surface area contributed by atoms with Crippen molar-refractivity contribution in [3.05, 3.63) is 11.1 Å². The number of aromatic nitrogens is 3. The Labute approximate surface area is 80.3 Å². The Morgan fingerprint density at radius 2 is 2.38 bits per heavy atom. The molecule has 0 atom stereocenters. The molecule has 0 unspecified atom stereocenters. The molecule has 6 heteroatoms. The van der Waals surface area contributed by atoms with Crippen LogP contribution < -0.4 is 0 Å². The molecule has 1 N–H and O–H groups in total. The van der Waals surface area contributed by atoms with Gasteiger partial charge in [-0.1, -0.05) is 0 Å². The van der Waals surface area contributed by atoms with E-state index in [0.29, 0.717) is 18.7 Å². The molecular weight excluding hydrogens is 194 g/mol. The first-order valence-corrected chi connectivity index (χ1v) is 4.24. The predicted octanol–water partition coefficient (Wildman–Crippen LogP) is 0.876. The first-order valence-electron chi connectivity index (χ1n) is 3.87. The first-order chi connectivity index (χ1) is 6.09. The van der Waals surface area contributed by atoms with E-state index in [1.54, 1.807) is 11.7 Å². The molecule has 0 fully saturated rings. The van der Waals surface area contributed by atoms with Gasteiger partial charge >= 0.3 is 5.97 Å². The van der Waals surface area contributed by atoms with Gasteiger partial charge in [-0.15, -0.1) is 5.10 Å². The summed E-state index contributed by atoms with van der Waals surface area (Å²) in [6.45, 7) is 0. The molecule has 1 heterocycles. The minimum absolute atomic E-state index is 0.143. The Hall–Kier alpha value is -1.10. The highest BCUT2D eigenvalue weighted by molar-refractivity contribution is 6.28. The third-order valence-corrected chi connectivity index (χ3v) is 1.78. The molecule has 0 aromatic carbocycles. The lowest BCUT2D eigenvalue weighted by atomic mass is 10.2. The van der Waals surface area contributed by atoms with Gasteiger partial charge in [0.1, 0.15) is 5.82 Å². The van der Waals surface area contributed by atoms with Gasteiger partial charge in [0, 0.05) is 19.9 Å². The zero-order chi connectivity index (χ0) is 9.84. The van der Waals surface area contributed by atoms with E-state index in [0.717, 1.165) is 0 Å². The number of carboxylic acids is 1. The van der Waals surface area contributed by atoms with Gasteiger partial charge in [-0.2, -0.15) is 0 Å². The molecule has 0 radical (unpaired) electrons. The molecule has 0 saturated carbocycles. The summed E-state index contributed by atoms with van der Waals surface area (Å²) in [5.41, 5.74) is 0. The van der Waals surface area contributed by atoms with Crippen LogP contribution in [0.1, 0.15) is 18.7 Å². The number of hydrogen-bond donors (Lipinski definition) is 1. The largest absolute Gasteiger partial charge is 0.481 e. The van der Waals surface area contributed by atoms with E-state index < -0.39 is 5.97 Å². The second-order valence-corrected chi connectivity index (χ2v) is 3.01. The summed E-state index contributed by atoms with van der Waals surface area (Å²) >= 11 is 5.55. The highest BCUT2D eigenvalue weighted by Gasteiger charge is 2.05. The van der Waals surface area contributed by atoms with Crippen LogP contribution in [0, 0.1) is 0 Å². The molecule has 0 amide bonds. The second kappa shape index (κ2) is 4.23. The summed E-state index contributed by atoms with van der Waals surface area (Å²) in [5.74, 6) is -0.0838. The van der Waals surface area contributed by atoms with Gasteiger partial charge in [-0.25, -0.2) is 4.98 Å². The van der Waals surface area contributed by atoms with Gasteiger partial charge in [0.05, 0.1) is 0 Å². The van der Waals surface area contributed by atoms with Crippen LogP contribution in [0.3, 0.4) is 0 Å². The molecule has 0 saturated heterocycles. The fourth-order valence-corrected chi connectivity index (χ4v) is 1.21. The average molecular weight is 204 g/mol. The van der Waals surface area contributed by atoms with Crippen LogP contribution in [-0.2, 0) is 18.3 Å². The standard InChI is InChI=1S/C7H10ClN3O2/c1-11-5(9-7(8)10-11)3-2-4-6(12)13/h2-4H2,1H3,(H,12,13). The lowest BCUT2D eigenvalue weighted by molar-refractivity contribution is -0.137. The summed E-state index contributed by atoms with van der Waals surface area (Å²) in [7, 11) is 1.73. The van der Waals surface area contributed by atoms with Crippen LogP contribution in [0.5, 0.6) is 0 Å². The van der Waals surface area contributed by atoms with Crippen LogP contribution >= 0.6 is 11.6 Å². The molecule has 0 aliphatic carbocycles. The minimum Gasteiger partial charge on any atom is -0.481 e. The fraction of sp³-hybridized carbons (Fsp3) is 0.571. The van der Waals surface area contributed by atoms with Crippen molar-refractivity contribution >= 4 is 17.6 Å². The van der Waals surface area contributed by atoms with E-state index in [1.807, 2.05) is 0 Å². The molecule has 72 valence electrons. The van der Waals surface area contributed by atoms with Gasteiger partial charge in [-0.3, -0.25) is 9.48 Å². The molecule has 0 aliphatic rings. The maximum absolute atomic E-state index is 10.2. The Morgan fingerprint density at radius 3 is 2.85 bits per heavy atom. The number of rotatable bonds is 4. The third-order valence-electron chi connectivity index (χ3n) is 1.62.